The summed E-state index contributed by atoms with van der Waals surface area (Å²) in [5.74, 6) is 0.623. The van der Waals surface area contributed by atoms with E-state index in [0.717, 1.165) is 0 Å². The second-order valence-corrected chi connectivity index (χ2v) is 4.00. The molecule has 2 aromatic rings. The van der Waals surface area contributed by atoms with Gasteiger partial charge in [0.1, 0.15) is 11.3 Å². The molecule has 0 spiro atoms. The van der Waals surface area contributed by atoms with Crippen LogP contribution < -0.4 is 0 Å². The van der Waals surface area contributed by atoms with Gasteiger partial charge in [-0.2, -0.15) is 4.98 Å². The number of allylic oxidation sites excluding steroid dienone is 1. The maximum atomic E-state index is 5.91. The van der Waals surface area contributed by atoms with Crippen LogP contribution in [0.15, 0.2) is 18.7 Å². The van der Waals surface area contributed by atoms with E-state index in [2.05, 4.69) is 21.5 Å². The van der Waals surface area contributed by atoms with Crippen molar-refractivity contribution in [1.82, 2.24) is 19.5 Å². The van der Waals surface area contributed by atoms with Crippen molar-refractivity contribution in [2.75, 3.05) is 6.61 Å². The Balaban J connectivity index is 2.39. The molecule has 0 N–H and O–H groups in total. The van der Waals surface area contributed by atoms with Gasteiger partial charge in [0.15, 0.2) is 10.8 Å². The van der Waals surface area contributed by atoms with Crippen LogP contribution in [0.4, 0.5) is 0 Å². The summed E-state index contributed by atoms with van der Waals surface area (Å²) in [6.45, 7) is 6.71. The standard InChI is InChI=1S/C10H10Cl2N4O/c1-3-17-6(2)4-16-5-13-7-8(11)14-10(12)15-9(7)16/h5H,2-4H2,1H3. The molecular weight excluding hydrogens is 263 g/mol. The molecule has 2 heterocycles. The van der Waals surface area contributed by atoms with Crippen molar-refractivity contribution in [2.24, 2.45) is 0 Å². The predicted octanol–water partition coefficient (Wildman–Crippen LogP) is 2.68. The molecule has 0 aliphatic rings. The van der Waals surface area contributed by atoms with Gasteiger partial charge in [0.2, 0.25) is 5.28 Å². The van der Waals surface area contributed by atoms with Gasteiger partial charge in [-0.15, -0.1) is 0 Å². The minimum Gasteiger partial charge on any atom is -0.497 e. The normalized spacial score (nSPS) is 10.8. The Morgan fingerprint density at radius 2 is 2.24 bits per heavy atom. The van der Waals surface area contributed by atoms with Crippen molar-refractivity contribution >= 4 is 34.4 Å². The number of imidazole rings is 1. The summed E-state index contributed by atoms with van der Waals surface area (Å²) in [5, 5.41) is 0.326. The third kappa shape index (κ3) is 2.50. The molecular formula is C10H10Cl2N4O. The molecule has 0 bridgehead atoms. The van der Waals surface area contributed by atoms with Crippen LogP contribution >= 0.6 is 23.2 Å². The first-order valence-electron chi connectivity index (χ1n) is 4.96. The summed E-state index contributed by atoms with van der Waals surface area (Å²) >= 11 is 11.7. The van der Waals surface area contributed by atoms with Crippen molar-refractivity contribution in [2.45, 2.75) is 13.5 Å². The fourth-order valence-electron chi connectivity index (χ4n) is 1.44. The van der Waals surface area contributed by atoms with Crippen LogP contribution in [0.5, 0.6) is 0 Å². The van der Waals surface area contributed by atoms with Gasteiger partial charge in [0.05, 0.1) is 19.5 Å². The average molecular weight is 273 g/mol. The smallest absolute Gasteiger partial charge is 0.225 e. The molecule has 90 valence electrons. The van der Waals surface area contributed by atoms with E-state index in [0.29, 0.717) is 30.1 Å². The molecule has 0 unspecified atom stereocenters. The van der Waals surface area contributed by atoms with E-state index in [4.69, 9.17) is 27.9 Å². The number of nitrogens with zero attached hydrogens (tertiary/aromatic N) is 4. The Hall–Kier alpha value is -1.33. The molecule has 0 fully saturated rings. The van der Waals surface area contributed by atoms with Gasteiger partial charge in [-0.25, -0.2) is 9.97 Å². The second kappa shape index (κ2) is 4.89. The van der Waals surface area contributed by atoms with Crippen LogP contribution in [0.2, 0.25) is 10.4 Å². The molecule has 0 aliphatic carbocycles. The monoisotopic (exact) mass is 272 g/mol. The second-order valence-electron chi connectivity index (χ2n) is 3.30. The highest BCUT2D eigenvalue weighted by atomic mass is 35.5. The first-order chi connectivity index (χ1) is 8.11. The van der Waals surface area contributed by atoms with Gasteiger partial charge < -0.3 is 9.30 Å². The van der Waals surface area contributed by atoms with E-state index < -0.39 is 0 Å². The van der Waals surface area contributed by atoms with E-state index in [9.17, 15) is 0 Å². The Morgan fingerprint density at radius 1 is 1.47 bits per heavy atom. The van der Waals surface area contributed by atoms with Gasteiger partial charge in [-0.3, -0.25) is 0 Å². The third-order valence-electron chi connectivity index (χ3n) is 2.09. The third-order valence-corrected chi connectivity index (χ3v) is 2.52. The van der Waals surface area contributed by atoms with Gasteiger partial charge >= 0.3 is 0 Å². The molecule has 0 saturated heterocycles. The Kier molecular flexibility index (Phi) is 3.49. The van der Waals surface area contributed by atoms with Crippen LogP contribution in [0.25, 0.3) is 11.2 Å². The number of ether oxygens (including phenoxy) is 1. The highest BCUT2D eigenvalue weighted by Crippen LogP contribution is 2.21. The summed E-state index contributed by atoms with van der Waals surface area (Å²) in [4.78, 5) is 12.0. The summed E-state index contributed by atoms with van der Waals surface area (Å²) in [6, 6.07) is 0. The number of rotatable bonds is 4. The summed E-state index contributed by atoms with van der Waals surface area (Å²) in [7, 11) is 0. The molecule has 0 aliphatic heterocycles. The number of halogens is 2. The Bertz CT molecular complexity index is 567. The quantitative estimate of drug-likeness (QED) is 0.488. The van der Waals surface area contributed by atoms with Crippen molar-refractivity contribution in [3.8, 4) is 0 Å². The lowest BCUT2D eigenvalue weighted by Crippen LogP contribution is -2.03. The maximum absolute atomic E-state index is 5.91. The molecule has 0 amide bonds. The molecule has 0 aromatic carbocycles. The molecule has 0 radical (unpaired) electrons. The van der Waals surface area contributed by atoms with Crippen LogP contribution in [0.3, 0.4) is 0 Å². The Morgan fingerprint density at radius 3 is 2.94 bits per heavy atom. The first kappa shape index (κ1) is 12.1. The van der Waals surface area contributed by atoms with Crippen molar-refractivity contribution in [3.63, 3.8) is 0 Å². The van der Waals surface area contributed by atoms with Crippen LogP contribution in [0.1, 0.15) is 6.92 Å². The number of aromatic nitrogens is 4. The minimum absolute atomic E-state index is 0.0891. The fraction of sp³-hybridized carbons (Fsp3) is 0.300. The highest BCUT2D eigenvalue weighted by Gasteiger charge is 2.11. The molecule has 17 heavy (non-hydrogen) atoms. The van der Waals surface area contributed by atoms with Crippen molar-refractivity contribution in [3.05, 3.63) is 29.1 Å². The summed E-state index contributed by atoms with van der Waals surface area (Å²) < 4.78 is 7.03. The van der Waals surface area contributed by atoms with Crippen LogP contribution in [0, 0.1) is 0 Å². The first-order valence-corrected chi connectivity index (χ1v) is 5.72. The van der Waals surface area contributed by atoms with E-state index in [1.54, 1.807) is 10.9 Å². The van der Waals surface area contributed by atoms with E-state index in [1.807, 2.05) is 6.92 Å². The molecule has 0 atom stereocenters. The molecule has 2 aromatic heterocycles. The lowest BCUT2D eigenvalue weighted by Gasteiger charge is -2.07. The van der Waals surface area contributed by atoms with Gasteiger partial charge in [0, 0.05) is 0 Å². The van der Waals surface area contributed by atoms with E-state index >= 15 is 0 Å². The zero-order valence-corrected chi connectivity index (χ0v) is 10.7. The molecule has 2 rings (SSSR count). The largest absolute Gasteiger partial charge is 0.497 e. The average Bonchev–Trinajstić information content (AvgIpc) is 2.62. The summed E-state index contributed by atoms with van der Waals surface area (Å²) in [5.41, 5.74) is 1.08. The zero-order chi connectivity index (χ0) is 12.4. The molecule has 5 nitrogen and oxygen atoms in total. The van der Waals surface area contributed by atoms with Crippen molar-refractivity contribution < 1.29 is 4.74 Å². The highest BCUT2D eigenvalue weighted by molar-refractivity contribution is 6.35. The molecule has 7 heteroatoms. The minimum atomic E-state index is 0.0891. The lowest BCUT2D eigenvalue weighted by molar-refractivity contribution is 0.215. The van der Waals surface area contributed by atoms with Crippen molar-refractivity contribution in [1.29, 1.82) is 0 Å². The fourth-order valence-corrected chi connectivity index (χ4v) is 1.86. The summed E-state index contributed by atoms with van der Waals surface area (Å²) in [6.07, 6.45) is 1.60. The number of fused-ring (bicyclic) bond motifs is 1. The maximum Gasteiger partial charge on any atom is 0.225 e. The van der Waals surface area contributed by atoms with Crippen LogP contribution in [-0.2, 0) is 11.3 Å². The van der Waals surface area contributed by atoms with Gasteiger partial charge in [-0.1, -0.05) is 18.2 Å². The molecule has 0 saturated carbocycles. The topological polar surface area (TPSA) is 52.8 Å². The van der Waals surface area contributed by atoms with Crippen LogP contribution in [-0.4, -0.2) is 26.1 Å². The SMILES string of the molecule is C=C(Cn1cnc2c(Cl)nc(Cl)nc21)OCC. The number of hydrogen-bond acceptors (Lipinski definition) is 4. The van der Waals surface area contributed by atoms with E-state index in [1.165, 1.54) is 0 Å². The van der Waals surface area contributed by atoms with Gasteiger partial charge in [0.25, 0.3) is 0 Å². The van der Waals surface area contributed by atoms with Gasteiger partial charge in [-0.05, 0) is 18.5 Å². The zero-order valence-electron chi connectivity index (χ0n) is 9.15. The lowest BCUT2D eigenvalue weighted by atomic mass is 10.5. The Labute approximate surface area is 108 Å². The van der Waals surface area contributed by atoms with E-state index in [-0.39, 0.29) is 10.4 Å². The predicted molar refractivity (Wildman–Crippen MR) is 66.1 cm³/mol. The number of hydrogen-bond donors (Lipinski definition) is 0.